The molecule has 0 radical (unpaired) electrons. The van der Waals surface area contributed by atoms with Gasteiger partial charge in [-0.25, -0.2) is 17.9 Å². The average Bonchev–Trinajstić information content (AvgIpc) is 2.67. The van der Waals surface area contributed by atoms with E-state index in [1.807, 2.05) is 42.5 Å². The molecule has 3 rings (SSSR count). The van der Waals surface area contributed by atoms with Crippen molar-refractivity contribution in [2.75, 3.05) is 13.7 Å². The van der Waals surface area contributed by atoms with E-state index in [0.717, 1.165) is 16.3 Å². The van der Waals surface area contributed by atoms with Gasteiger partial charge in [0.25, 0.3) is 0 Å². The molecule has 3 aromatic rings. The van der Waals surface area contributed by atoms with Gasteiger partial charge < -0.3 is 4.74 Å². The van der Waals surface area contributed by atoms with Crippen LogP contribution in [-0.4, -0.2) is 28.0 Å². The maximum atomic E-state index is 12.6. The first-order valence-electron chi connectivity index (χ1n) is 8.57. The van der Waals surface area contributed by atoms with E-state index in [2.05, 4.69) is 4.72 Å². The second-order valence-corrected chi connectivity index (χ2v) is 8.02. The van der Waals surface area contributed by atoms with E-state index in [1.54, 1.807) is 13.0 Å². The molecule has 1 N–H and O–H groups in total. The number of fused-ring (bicyclic) bond motifs is 1. The number of hydrogen-bond donors (Lipinski definition) is 1. The van der Waals surface area contributed by atoms with Crippen molar-refractivity contribution in [2.24, 2.45) is 0 Å². The first-order valence-corrected chi connectivity index (χ1v) is 10.1. The molecule has 0 aliphatic carbocycles. The third kappa shape index (κ3) is 4.18. The maximum absolute atomic E-state index is 12.6. The van der Waals surface area contributed by atoms with Gasteiger partial charge in [0, 0.05) is 6.54 Å². The van der Waals surface area contributed by atoms with Crippen molar-refractivity contribution in [1.82, 2.24) is 4.72 Å². The number of benzene rings is 3. The number of hydrogen-bond acceptors (Lipinski definition) is 4. The maximum Gasteiger partial charge on any atom is 0.338 e. The highest BCUT2D eigenvalue weighted by molar-refractivity contribution is 7.89. The predicted octanol–water partition coefficient (Wildman–Crippen LogP) is 3.46. The number of carbonyl (C=O) groups excluding carboxylic acids is 1. The molecule has 0 unspecified atom stereocenters. The lowest BCUT2D eigenvalue weighted by atomic mass is 10.0. The zero-order valence-electron chi connectivity index (χ0n) is 15.2. The van der Waals surface area contributed by atoms with E-state index >= 15 is 0 Å². The number of esters is 1. The summed E-state index contributed by atoms with van der Waals surface area (Å²) < 4.78 is 32.5. The monoisotopic (exact) mass is 383 g/mol. The van der Waals surface area contributed by atoms with Gasteiger partial charge in [-0.05, 0) is 47.4 Å². The molecule has 0 aliphatic rings. The largest absolute Gasteiger partial charge is 0.465 e. The number of sulfonamides is 1. The summed E-state index contributed by atoms with van der Waals surface area (Å²) in [6.45, 7) is 1.99. The molecule has 0 heterocycles. The van der Waals surface area contributed by atoms with Gasteiger partial charge in [-0.15, -0.1) is 0 Å². The smallest absolute Gasteiger partial charge is 0.338 e. The minimum atomic E-state index is -3.72. The van der Waals surface area contributed by atoms with Crippen LogP contribution in [0.15, 0.2) is 65.6 Å². The van der Waals surface area contributed by atoms with Crippen molar-refractivity contribution in [3.05, 3.63) is 77.4 Å². The van der Waals surface area contributed by atoms with Crippen LogP contribution >= 0.6 is 0 Å². The van der Waals surface area contributed by atoms with Gasteiger partial charge in [-0.2, -0.15) is 0 Å². The van der Waals surface area contributed by atoms with Crippen LogP contribution in [0.5, 0.6) is 0 Å². The van der Waals surface area contributed by atoms with E-state index in [9.17, 15) is 13.2 Å². The molecule has 0 amide bonds. The molecule has 3 aromatic carbocycles. The number of methoxy groups -OCH3 is 1. The Kier molecular flexibility index (Phi) is 5.58. The lowest BCUT2D eigenvalue weighted by molar-refractivity contribution is 0.0599. The standard InChI is InChI=1S/C21H21NO4S/c1-15-10-11-18(14-20(15)21(23)26-2)27(24,25)22-13-12-17-8-5-7-16-6-3-4-9-19(16)17/h3-11,14,22H,12-13H2,1-2H3. The van der Waals surface area contributed by atoms with E-state index < -0.39 is 16.0 Å². The summed E-state index contributed by atoms with van der Waals surface area (Å²) in [6.07, 6.45) is 0.566. The summed E-state index contributed by atoms with van der Waals surface area (Å²) in [5.74, 6) is -0.555. The fourth-order valence-electron chi connectivity index (χ4n) is 3.01. The molecule has 140 valence electrons. The first-order chi connectivity index (χ1) is 12.9. The topological polar surface area (TPSA) is 72.5 Å². The Labute approximate surface area is 159 Å². The molecular weight excluding hydrogens is 362 g/mol. The molecule has 0 aromatic heterocycles. The van der Waals surface area contributed by atoms with Crippen LogP contribution in [0.1, 0.15) is 21.5 Å². The third-order valence-corrected chi connectivity index (χ3v) is 5.95. The zero-order valence-corrected chi connectivity index (χ0v) is 16.0. The van der Waals surface area contributed by atoms with Gasteiger partial charge >= 0.3 is 5.97 Å². The van der Waals surface area contributed by atoms with Crippen LogP contribution in [0.2, 0.25) is 0 Å². The molecule has 0 saturated heterocycles. The Balaban J connectivity index is 1.76. The predicted molar refractivity (Wildman–Crippen MR) is 105 cm³/mol. The number of aryl methyl sites for hydroxylation is 1. The summed E-state index contributed by atoms with van der Waals surface area (Å²) in [5, 5.41) is 2.24. The van der Waals surface area contributed by atoms with Crippen LogP contribution in [0.3, 0.4) is 0 Å². The zero-order chi connectivity index (χ0) is 19.4. The first kappa shape index (κ1) is 19.1. The van der Waals surface area contributed by atoms with Crippen molar-refractivity contribution in [1.29, 1.82) is 0 Å². The summed E-state index contributed by atoms with van der Waals surface area (Å²) >= 11 is 0. The van der Waals surface area contributed by atoms with Crippen LogP contribution in [-0.2, 0) is 21.2 Å². The van der Waals surface area contributed by atoms with Gasteiger partial charge in [0.05, 0.1) is 17.6 Å². The Hall–Kier alpha value is -2.70. The van der Waals surface area contributed by atoms with Gasteiger partial charge in [0.2, 0.25) is 10.0 Å². The number of ether oxygens (including phenoxy) is 1. The van der Waals surface area contributed by atoms with Gasteiger partial charge in [0.1, 0.15) is 0 Å². The second-order valence-electron chi connectivity index (χ2n) is 6.25. The Bertz CT molecular complexity index is 1090. The highest BCUT2D eigenvalue weighted by Crippen LogP contribution is 2.19. The molecule has 0 spiro atoms. The Morgan fingerprint density at radius 3 is 2.56 bits per heavy atom. The van der Waals surface area contributed by atoms with E-state index in [-0.39, 0.29) is 17.0 Å². The number of nitrogens with one attached hydrogen (secondary N) is 1. The van der Waals surface area contributed by atoms with Crippen molar-refractivity contribution < 1.29 is 17.9 Å². The quantitative estimate of drug-likeness (QED) is 0.662. The number of carbonyl (C=O) groups is 1. The van der Waals surface area contributed by atoms with Gasteiger partial charge in [-0.3, -0.25) is 0 Å². The highest BCUT2D eigenvalue weighted by Gasteiger charge is 2.18. The highest BCUT2D eigenvalue weighted by atomic mass is 32.2. The molecule has 0 atom stereocenters. The van der Waals surface area contributed by atoms with Crippen molar-refractivity contribution >= 4 is 26.8 Å². The molecule has 0 fully saturated rings. The molecule has 0 bridgehead atoms. The third-order valence-electron chi connectivity index (χ3n) is 4.49. The Morgan fingerprint density at radius 2 is 1.78 bits per heavy atom. The fraction of sp³-hybridized carbons (Fsp3) is 0.190. The lowest BCUT2D eigenvalue weighted by Crippen LogP contribution is -2.26. The molecular formula is C21H21NO4S. The van der Waals surface area contributed by atoms with Crippen LogP contribution in [0.4, 0.5) is 0 Å². The molecule has 27 heavy (non-hydrogen) atoms. The van der Waals surface area contributed by atoms with E-state index in [0.29, 0.717) is 12.0 Å². The summed E-state index contributed by atoms with van der Waals surface area (Å²) in [6, 6.07) is 18.4. The molecule has 5 nitrogen and oxygen atoms in total. The normalized spacial score (nSPS) is 11.5. The molecule has 6 heteroatoms. The second kappa shape index (κ2) is 7.90. The fourth-order valence-corrected chi connectivity index (χ4v) is 4.07. The lowest BCUT2D eigenvalue weighted by Gasteiger charge is -2.11. The van der Waals surface area contributed by atoms with Crippen LogP contribution in [0.25, 0.3) is 10.8 Å². The van der Waals surface area contributed by atoms with Crippen molar-refractivity contribution in [2.45, 2.75) is 18.2 Å². The molecule has 0 saturated carbocycles. The Morgan fingerprint density at radius 1 is 1.04 bits per heavy atom. The minimum absolute atomic E-state index is 0.0476. The van der Waals surface area contributed by atoms with Gasteiger partial charge in [-0.1, -0.05) is 48.5 Å². The van der Waals surface area contributed by atoms with Crippen LogP contribution < -0.4 is 4.72 Å². The SMILES string of the molecule is COC(=O)c1cc(S(=O)(=O)NCCc2cccc3ccccc23)ccc1C. The average molecular weight is 383 g/mol. The number of rotatable bonds is 6. The summed E-state index contributed by atoms with van der Waals surface area (Å²) in [4.78, 5) is 11.8. The van der Waals surface area contributed by atoms with Crippen LogP contribution in [0, 0.1) is 6.92 Å². The summed E-state index contributed by atoms with van der Waals surface area (Å²) in [5.41, 5.74) is 1.99. The van der Waals surface area contributed by atoms with Gasteiger partial charge in [0.15, 0.2) is 0 Å². The minimum Gasteiger partial charge on any atom is -0.465 e. The van der Waals surface area contributed by atoms with E-state index in [1.165, 1.54) is 19.2 Å². The molecule has 0 aliphatic heterocycles. The van der Waals surface area contributed by atoms with Crippen molar-refractivity contribution in [3.63, 3.8) is 0 Å². The van der Waals surface area contributed by atoms with E-state index in [4.69, 9.17) is 4.74 Å². The van der Waals surface area contributed by atoms with Crippen molar-refractivity contribution in [3.8, 4) is 0 Å². The summed E-state index contributed by atoms with van der Waals surface area (Å²) in [7, 11) is -2.45.